The van der Waals surface area contributed by atoms with E-state index < -0.39 is 0 Å². The van der Waals surface area contributed by atoms with E-state index >= 15 is 0 Å². The summed E-state index contributed by atoms with van der Waals surface area (Å²) in [4.78, 5) is 4.34. The number of rotatable bonds is 5. The molecule has 0 bridgehead atoms. The molecule has 1 N–H and O–H groups in total. The Hall–Kier alpha value is -1.09. The van der Waals surface area contributed by atoms with E-state index in [0.29, 0.717) is 0 Å². The van der Waals surface area contributed by atoms with E-state index in [0.717, 1.165) is 18.5 Å². The predicted octanol–water partition coefficient (Wildman–Crippen LogP) is 3.40. The van der Waals surface area contributed by atoms with E-state index in [2.05, 4.69) is 28.0 Å². The van der Waals surface area contributed by atoms with Gasteiger partial charge in [-0.15, -0.1) is 0 Å². The Balaban J connectivity index is 1.80. The quantitative estimate of drug-likeness (QED) is 0.878. The molecule has 3 heteroatoms. The van der Waals surface area contributed by atoms with Gasteiger partial charge < -0.3 is 9.88 Å². The summed E-state index contributed by atoms with van der Waals surface area (Å²) in [6.45, 7) is 1.01. The zero-order valence-electron chi connectivity index (χ0n) is 11.9. The Kier molecular flexibility index (Phi) is 4.02. The van der Waals surface area contributed by atoms with Crippen LogP contribution >= 0.6 is 0 Å². The minimum Gasteiger partial charge on any atom is -0.328 e. The van der Waals surface area contributed by atoms with Crippen molar-refractivity contribution in [3.8, 4) is 0 Å². The van der Waals surface area contributed by atoms with Crippen LogP contribution in [0.1, 0.15) is 56.7 Å². The smallest absolute Gasteiger partial charge is 0.0953 e. The SMILES string of the molecule is CNCC(=Cc1cncn1C1CC1)C1CCCCC1. The number of nitrogens with one attached hydrogen (secondary N) is 1. The van der Waals surface area contributed by atoms with Crippen molar-refractivity contribution >= 4 is 6.08 Å². The lowest BCUT2D eigenvalue weighted by atomic mass is 9.83. The van der Waals surface area contributed by atoms with Gasteiger partial charge in [-0.05, 0) is 44.7 Å². The third kappa shape index (κ3) is 3.08. The lowest BCUT2D eigenvalue weighted by molar-refractivity contribution is 0.398. The lowest BCUT2D eigenvalue weighted by Gasteiger charge is -2.24. The summed E-state index contributed by atoms with van der Waals surface area (Å²) in [7, 11) is 2.05. The normalized spacial score (nSPS) is 21.8. The van der Waals surface area contributed by atoms with Crippen LogP contribution < -0.4 is 5.32 Å². The van der Waals surface area contributed by atoms with E-state index in [4.69, 9.17) is 0 Å². The number of likely N-dealkylation sites (N-methyl/N-ethyl adjacent to an activating group) is 1. The van der Waals surface area contributed by atoms with Gasteiger partial charge in [0.1, 0.15) is 0 Å². The van der Waals surface area contributed by atoms with Crippen molar-refractivity contribution in [2.45, 2.75) is 51.0 Å². The van der Waals surface area contributed by atoms with Gasteiger partial charge in [-0.1, -0.05) is 24.8 Å². The maximum absolute atomic E-state index is 4.34. The average molecular weight is 259 g/mol. The first-order valence-electron chi connectivity index (χ1n) is 7.75. The average Bonchev–Trinajstić information content (AvgIpc) is 3.19. The molecule has 0 saturated heterocycles. The summed E-state index contributed by atoms with van der Waals surface area (Å²) < 4.78 is 2.36. The summed E-state index contributed by atoms with van der Waals surface area (Å²) in [5, 5.41) is 3.34. The van der Waals surface area contributed by atoms with E-state index in [1.54, 1.807) is 5.57 Å². The van der Waals surface area contributed by atoms with Gasteiger partial charge in [0.25, 0.3) is 0 Å². The van der Waals surface area contributed by atoms with Crippen LogP contribution in [0, 0.1) is 5.92 Å². The van der Waals surface area contributed by atoms with Gasteiger partial charge in [0.05, 0.1) is 18.2 Å². The molecule has 3 nitrogen and oxygen atoms in total. The molecular weight excluding hydrogens is 234 g/mol. The molecule has 0 atom stereocenters. The molecule has 0 unspecified atom stereocenters. The summed E-state index contributed by atoms with van der Waals surface area (Å²) in [6, 6.07) is 0.718. The maximum atomic E-state index is 4.34. The zero-order chi connectivity index (χ0) is 13.1. The second-order valence-electron chi connectivity index (χ2n) is 6.04. The highest BCUT2D eigenvalue weighted by Gasteiger charge is 2.25. The van der Waals surface area contributed by atoms with Gasteiger partial charge in [-0.2, -0.15) is 0 Å². The summed E-state index contributed by atoms with van der Waals surface area (Å²) in [5.41, 5.74) is 2.88. The van der Waals surface area contributed by atoms with Gasteiger partial charge in [0.2, 0.25) is 0 Å². The first kappa shape index (κ1) is 12.9. The molecule has 0 spiro atoms. The highest BCUT2D eigenvalue weighted by Crippen LogP contribution is 2.37. The molecule has 0 amide bonds. The number of nitrogens with zero attached hydrogens (tertiary/aromatic N) is 2. The Morgan fingerprint density at radius 3 is 2.79 bits per heavy atom. The Morgan fingerprint density at radius 1 is 1.32 bits per heavy atom. The van der Waals surface area contributed by atoms with E-state index in [1.165, 1.54) is 50.6 Å². The largest absolute Gasteiger partial charge is 0.328 e. The van der Waals surface area contributed by atoms with Crippen LogP contribution in [0.5, 0.6) is 0 Å². The van der Waals surface area contributed by atoms with Crippen LogP contribution in [0.2, 0.25) is 0 Å². The first-order chi connectivity index (χ1) is 9.38. The van der Waals surface area contributed by atoms with Crippen LogP contribution in [0.3, 0.4) is 0 Å². The zero-order valence-corrected chi connectivity index (χ0v) is 11.9. The van der Waals surface area contributed by atoms with Gasteiger partial charge in [0.15, 0.2) is 0 Å². The van der Waals surface area contributed by atoms with Gasteiger partial charge >= 0.3 is 0 Å². The topological polar surface area (TPSA) is 29.9 Å². The van der Waals surface area contributed by atoms with Gasteiger partial charge in [-0.3, -0.25) is 0 Å². The molecule has 0 radical (unpaired) electrons. The molecule has 2 saturated carbocycles. The fourth-order valence-corrected chi connectivity index (χ4v) is 3.27. The third-order valence-corrected chi connectivity index (χ3v) is 4.48. The van der Waals surface area contributed by atoms with Crippen molar-refractivity contribution in [2.24, 2.45) is 5.92 Å². The van der Waals surface area contributed by atoms with Crippen molar-refractivity contribution in [3.05, 3.63) is 23.8 Å². The van der Waals surface area contributed by atoms with Crippen LogP contribution in [0.4, 0.5) is 0 Å². The molecule has 3 rings (SSSR count). The van der Waals surface area contributed by atoms with E-state index in [1.807, 2.05) is 12.5 Å². The maximum Gasteiger partial charge on any atom is 0.0953 e. The monoisotopic (exact) mass is 259 g/mol. The van der Waals surface area contributed by atoms with Crippen molar-refractivity contribution in [3.63, 3.8) is 0 Å². The first-order valence-corrected chi connectivity index (χ1v) is 7.75. The standard InChI is InChI=1S/C16H25N3/c1-17-10-14(13-5-3-2-4-6-13)9-16-11-18-12-19(16)15-7-8-15/h9,11-13,15,17H,2-8,10H2,1H3. The van der Waals surface area contributed by atoms with Crippen LogP contribution in [0.25, 0.3) is 6.08 Å². The molecule has 1 aromatic rings. The molecule has 104 valence electrons. The molecule has 0 aliphatic heterocycles. The minimum absolute atomic E-state index is 0.718. The molecule has 2 aliphatic carbocycles. The molecule has 19 heavy (non-hydrogen) atoms. The van der Waals surface area contributed by atoms with Crippen molar-refractivity contribution in [1.82, 2.24) is 14.9 Å². The molecule has 2 aliphatic rings. The van der Waals surface area contributed by atoms with Gasteiger partial charge in [0, 0.05) is 12.6 Å². The van der Waals surface area contributed by atoms with Crippen LogP contribution in [0.15, 0.2) is 18.1 Å². The van der Waals surface area contributed by atoms with Crippen LogP contribution in [-0.2, 0) is 0 Å². The molecule has 1 aromatic heterocycles. The molecule has 2 fully saturated rings. The fraction of sp³-hybridized carbons (Fsp3) is 0.688. The van der Waals surface area contributed by atoms with Crippen LogP contribution in [-0.4, -0.2) is 23.1 Å². The fourth-order valence-electron chi connectivity index (χ4n) is 3.27. The second-order valence-corrected chi connectivity index (χ2v) is 6.04. The molecule has 0 aromatic carbocycles. The summed E-state index contributed by atoms with van der Waals surface area (Å²) in [5.74, 6) is 0.781. The Labute approximate surface area is 116 Å². The third-order valence-electron chi connectivity index (χ3n) is 4.48. The number of imidazole rings is 1. The number of hydrogen-bond donors (Lipinski definition) is 1. The summed E-state index contributed by atoms with van der Waals surface area (Å²) in [6.07, 6.45) is 16.0. The van der Waals surface area contributed by atoms with E-state index in [9.17, 15) is 0 Å². The highest BCUT2D eigenvalue weighted by molar-refractivity contribution is 5.50. The number of aromatic nitrogens is 2. The van der Waals surface area contributed by atoms with Gasteiger partial charge in [-0.25, -0.2) is 4.98 Å². The summed E-state index contributed by atoms with van der Waals surface area (Å²) >= 11 is 0. The van der Waals surface area contributed by atoms with Crippen molar-refractivity contribution < 1.29 is 0 Å². The number of hydrogen-bond acceptors (Lipinski definition) is 2. The van der Waals surface area contributed by atoms with Crippen molar-refractivity contribution in [2.75, 3.05) is 13.6 Å². The molecule has 1 heterocycles. The Bertz CT molecular complexity index is 437. The highest BCUT2D eigenvalue weighted by atomic mass is 15.1. The van der Waals surface area contributed by atoms with Crippen molar-refractivity contribution in [1.29, 1.82) is 0 Å². The second kappa shape index (κ2) is 5.91. The lowest BCUT2D eigenvalue weighted by Crippen LogP contribution is -2.19. The van der Waals surface area contributed by atoms with E-state index in [-0.39, 0.29) is 0 Å². The molecular formula is C16H25N3. The minimum atomic E-state index is 0.718. The predicted molar refractivity (Wildman–Crippen MR) is 79.0 cm³/mol. The Morgan fingerprint density at radius 2 is 2.11 bits per heavy atom.